The number of carboxylic acids is 1. The van der Waals surface area contributed by atoms with E-state index in [0.29, 0.717) is 5.92 Å². The van der Waals surface area contributed by atoms with Gasteiger partial charge >= 0.3 is 5.97 Å². The molecule has 0 bridgehead atoms. The maximum absolute atomic E-state index is 10.7. The van der Waals surface area contributed by atoms with Crippen LogP contribution in [0.15, 0.2) is 36.7 Å². The quantitative estimate of drug-likeness (QED) is 0.767. The monoisotopic (exact) mass is 314 g/mol. The minimum Gasteiger partial charge on any atom is -0.481 e. The van der Waals surface area contributed by atoms with Crippen molar-refractivity contribution in [1.29, 1.82) is 0 Å². The van der Waals surface area contributed by atoms with Crippen LogP contribution in [0.5, 0.6) is 0 Å². The Labute approximate surface area is 133 Å². The van der Waals surface area contributed by atoms with Gasteiger partial charge in [0.05, 0.1) is 12.1 Å². The summed E-state index contributed by atoms with van der Waals surface area (Å²) in [5.41, 5.74) is 3.35. The van der Waals surface area contributed by atoms with Crippen LogP contribution in [0.1, 0.15) is 36.6 Å². The van der Waals surface area contributed by atoms with Crippen LogP contribution in [0.2, 0.25) is 0 Å². The van der Waals surface area contributed by atoms with Crippen molar-refractivity contribution in [1.82, 2.24) is 9.38 Å². The summed E-state index contributed by atoms with van der Waals surface area (Å²) in [7, 11) is 0. The number of thiazole rings is 1. The maximum Gasteiger partial charge on any atom is 0.308 e. The molecule has 0 aliphatic rings. The van der Waals surface area contributed by atoms with Crippen molar-refractivity contribution in [3.8, 4) is 11.3 Å². The molecule has 5 heteroatoms. The van der Waals surface area contributed by atoms with Gasteiger partial charge in [-0.05, 0) is 17.9 Å². The SMILES string of the molecule is CCC(C)c1ccc(-c2cn3cc(CC(=O)O)sc3n2)cc1. The van der Waals surface area contributed by atoms with Crippen molar-refractivity contribution in [2.75, 3.05) is 0 Å². The largest absolute Gasteiger partial charge is 0.481 e. The van der Waals surface area contributed by atoms with Gasteiger partial charge in [0.1, 0.15) is 0 Å². The summed E-state index contributed by atoms with van der Waals surface area (Å²) < 4.78 is 1.90. The molecule has 3 rings (SSSR count). The van der Waals surface area contributed by atoms with Crippen LogP contribution in [-0.2, 0) is 11.2 Å². The molecule has 0 saturated heterocycles. The first-order valence-corrected chi connectivity index (χ1v) is 8.18. The summed E-state index contributed by atoms with van der Waals surface area (Å²) in [5, 5.41) is 8.83. The molecule has 1 N–H and O–H groups in total. The molecule has 4 nitrogen and oxygen atoms in total. The third-order valence-corrected chi connectivity index (χ3v) is 4.91. The molecule has 1 atom stereocenters. The molecule has 1 unspecified atom stereocenters. The molecule has 0 fully saturated rings. The summed E-state index contributed by atoms with van der Waals surface area (Å²) >= 11 is 1.42. The number of rotatable bonds is 5. The molecule has 3 aromatic rings. The summed E-state index contributed by atoms with van der Waals surface area (Å²) in [6, 6.07) is 8.53. The average molecular weight is 314 g/mol. The van der Waals surface area contributed by atoms with E-state index in [0.717, 1.165) is 27.5 Å². The fourth-order valence-corrected chi connectivity index (χ4v) is 3.38. The lowest BCUT2D eigenvalue weighted by atomic mass is 9.97. The van der Waals surface area contributed by atoms with Crippen molar-refractivity contribution >= 4 is 22.3 Å². The predicted molar refractivity (Wildman–Crippen MR) is 88.6 cm³/mol. The maximum atomic E-state index is 10.7. The molecule has 0 aliphatic heterocycles. The first kappa shape index (κ1) is 14.8. The van der Waals surface area contributed by atoms with Gasteiger partial charge in [-0.25, -0.2) is 4.98 Å². The lowest BCUT2D eigenvalue weighted by molar-refractivity contribution is -0.136. The summed E-state index contributed by atoms with van der Waals surface area (Å²) in [6.07, 6.45) is 4.98. The lowest BCUT2D eigenvalue weighted by Crippen LogP contribution is -1.97. The fraction of sp³-hybridized carbons (Fsp3) is 0.294. The van der Waals surface area contributed by atoms with Crippen LogP contribution in [0.4, 0.5) is 0 Å². The normalized spacial score (nSPS) is 12.6. The molecule has 0 amide bonds. The number of imidazole rings is 1. The van der Waals surface area contributed by atoms with Gasteiger partial charge in [0, 0.05) is 22.8 Å². The zero-order valence-corrected chi connectivity index (χ0v) is 13.4. The minimum atomic E-state index is -0.814. The topological polar surface area (TPSA) is 54.6 Å². The van der Waals surface area contributed by atoms with E-state index in [-0.39, 0.29) is 6.42 Å². The first-order chi connectivity index (χ1) is 10.6. The molecule has 1 aromatic carbocycles. The van der Waals surface area contributed by atoms with E-state index in [4.69, 9.17) is 5.11 Å². The van der Waals surface area contributed by atoms with Crippen LogP contribution >= 0.6 is 11.3 Å². The van der Waals surface area contributed by atoms with Gasteiger partial charge in [-0.3, -0.25) is 9.20 Å². The highest BCUT2D eigenvalue weighted by Crippen LogP contribution is 2.26. The van der Waals surface area contributed by atoms with Crippen LogP contribution < -0.4 is 0 Å². The third kappa shape index (κ3) is 2.90. The van der Waals surface area contributed by atoms with E-state index in [1.807, 2.05) is 16.8 Å². The van der Waals surface area contributed by atoms with Gasteiger partial charge in [0.2, 0.25) is 0 Å². The van der Waals surface area contributed by atoms with Crippen LogP contribution in [0.25, 0.3) is 16.2 Å². The van der Waals surface area contributed by atoms with Crippen molar-refractivity contribution in [2.45, 2.75) is 32.6 Å². The van der Waals surface area contributed by atoms with Crippen molar-refractivity contribution < 1.29 is 9.90 Å². The summed E-state index contributed by atoms with van der Waals surface area (Å²) in [5.74, 6) is -0.247. The fourth-order valence-electron chi connectivity index (χ4n) is 2.43. The zero-order valence-electron chi connectivity index (χ0n) is 12.6. The second-order valence-corrected chi connectivity index (χ2v) is 6.61. The predicted octanol–water partition coefficient (Wildman–Crippen LogP) is 4.20. The second-order valence-electron chi connectivity index (χ2n) is 5.52. The van der Waals surface area contributed by atoms with E-state index in [2.05, 4.69) is 43.1 Å². The smallest absolute Gasteiger partial charge is 0.308 e. The number of aromatic nitrogens is 2. The second kappa shape index (κ2) is 5.93. The number of fused-ring (bicyclic) bond motifs is 1. The van der Waals surface area contributed by atoms with Gasteiger partial charge in [0.25, 0.3) is 0 Å². The lowest BCUT2D eigenvalue weighted by Gasteiger charge is -2.08. The number of carbonyl (C=O) groups is 1. The Balaban J connectivity index is 1.87. The molecule has 2 aromatic heterocycles. The highest BCUT2D eigenvalue weighted by atomic mass is 32.1. The molecule has 2 heterocycles. The Bertz CT molecular complexity index is 770. The average Bonchev–Trinajstić information content (AvgIpc) is 3.04. The van der Waals surface area contributed by atoms with E-state index < -0.39 is 5.97 Å². The molecular weight excluding hydrogens is 296 g/mol. The van der Waals surface area contributed by atoms with Crippen molar-refractivity contribution in [2.24, 2.45) is 0 Å². The molecule has 0 saturated carbocycles. The summed E-state index contributed by atoms with van der Waals surface area (Å²) in [6.45, 7) is 4.42. The molecule has 0 aliphatic carbocycles. The molecule has 22 heavy (non-hydrogen) atoms. The van der Waals surface area contributed by atoms with Gasteiger partial charge in [-0.15, -0.1) is 11.3 Å². The van der Waals surface area contributed by atoms with Crippen LogP contribution in [0.3, 0.4) is 0 Å². The molecule has 0 radical (unpaired) electrons. The summed E-state index contributed by atoms with van der Waals surface area (Å²) in [4.78, 5) is 17.0. The Hall–Kier alpha value is -2.14. The van der Waals surface area contributed by atoms with Gasteiger partial charge < -0.3 is 5.11 Å². The standard InChI is InChI=1S/C17H18N2O2S/c1-3-11(2)12-4-6-13(7-5-12)15-10-19-9-14(8-16(20)21)22-17(19)18-15/h4-7,9-11H,3,8H2,1-2H3,(H,20,21). The van der Waals surface area contributed by atoms with E-state index in [9.17, 15) is 4.79 Å². The highest BCUT2D eigenvalue weighted by molar-refractivity contribution is 7.17. The minimum absolute atomic E-state index is 0.0486. The molecular formula is C17H18N2O2S. The Kier molecular flexibility index (Phi) is 3.98. The number of carboxylic acid groups (broad SMARTS) is 1. The van der Waals surface area contributed by atoms with Gasteiger partial charge in [0.15, 0.2) is 4.96 Å². The van der Waals surface area contributed by atoms with E-state index >= 15 is 0 Å². The van der Waals surface area contributed by atoms with Gasteiger partial charge in [-0.1, -0.05) is 38.1 Å². The Morgan fingerprint density at radius 1 is 1.32 bits per heavy atom. The van der Waals surface area contributed by atoms with Crippen LogP contribution in [0, 0.1) is 0 Å². The van der Waals surface area contributed by atoms with Crippen molar-refractivity contribution in [3.63, 3.8) is 0 Å². The Morgan fingerprint density at radius 3 is 2.64 bits per heavy atom. The van der Waals surface area contributed by atoms with Gasteiger partial charge in [-0.2, -0.15) is 0 Å². The van der Waals surface area contributed by atoms with Crippen LogP contribution in [-0.4, -0.2) is 20.5 Å². The zero-order chi connectivity index (χ0) is 15.7. The molecule has 0 spiro atoms. The highest BCUT2D eigenvalue weighted by Gasteiger charge is 2.11. The number of benzene rings is 1. The first-order valence-electron chi connectivity index (χ1n) is 7.36. The Morgan fingerprint density at radius 2 is 2.05 bits per heavy atom. The van der Waals surface area contributed by atoms with E-state index in [1.165, 1.54) is 16.9 Å². The number of hydrogen-bond donors (Lipinski definition) is 1. The number of nitrogens with zero attached hydrogens (tertiary/aromatic N) is 2. The van der Waals surface area contributed by atoms with E-state index in [1.54, 1.807) is 0 Å². The third-order valence-electron chi connectivity index (χ3n) is 3.92. The molecule has 114 valence electrons. The number of hydrogen-bond acceptors (Lipinski definition) is 3. The number of aliphatic carboxylic acids is 1. The van der Waals surface area contributed by atoms with Crippen molar-refractivity contribution in [3.05, 3.63) is 47.1 Å².